The Morgan fingerprint density at radius 3 is 2.18 bits per heavy atom. The van der Waals surface area contributed by atoms with E-state index in [0.29, 0.717) is 22.0 Å². The number of nitrogens with zero attached hydrogens (tertiary/aromatic N) is 3. The van der Waals surface area contributed by atoms with Gasteiger partial charge in [0.25, 0.3) is 5.91 Å². The van der Waals surface area contributed by atoms with Gasteiger partial charge in [-0.25, -0.2) is 0 Å². The number of ether oxygens (including phenoxy) is 3. The topological polar surface area (TPSA) is 80.7 Å². The van der Waals surface area contributed by atoms with Gasteiger partial charge in [0.15, 0.2) is 16.7 Å². The number of anilines is 1. The number of rotatable bonds is 5. The summed E-state index contributed by atoms with van der Waals surface area (Å²) in [5, 5.41) is 0.717. The Hall–Kier alpha value is -3.46. The fraction of sp³-hybridized carbons (Fsp3) is 0.292. The minimum Gasteiger partial charge on any atom is -0.493 e. The van der Waals surface area contributed by atoms with Gasteiger partial charge in [0.05, 0.1) is 19.1 Å². The lowest BCUT2D eigenvalue weighted by Crippen LogP contribution is -2.47. The van der Waals surface area contributed by atoms with E-state index >= 15 is 0 Å². The van der Waals surface area contributed by atoms with Crippen LogP contribution < -0.4 is 19.1 Å². The van der Waals surface area contributed by atoms with Crippen LogP contribution in [0.2, 0.25) is 0 Å². The Bertz CT molecular complexity index is 1080. The summed E-state index contributed by atoms with van der Waals surface area (Å²) in [5.41, 5.74) is 1.88. The van der Waals surface area contributed by atoms with Crippen molar-refractivity contribution < 1.29 is 23.8 Å². The molecule has 2 aromatic rings. The van der Waals surface area contributed by atoms with Crippen LogP contribution in [0.4, 0.5) is 5.69 Å². The van der Waals surface area contributed by atoms with Crippen LogP contribution in [0, 0.1) is 0 Å². The van der Waals surface area contributed by atoms with E-state index in [1.165, 1.54) is 38.6 Å². The zero-order chi connectivity index (χ0) is 23.4. The Labute approximate surface area is 196 Å². The van der Waals surface area contributed by atoms with E-state index in [-0.39, 0.29) is 11.7 Å². The molecule has 2 aliphatic heterocycles. The van der Waals surface area contributed by atoms with E-state index in [9.17, 15) is 9.59 Å². The molecule has 1 fully saturated rings. The third-order valence-corrected chi connectivity index (χ3v) is 6.35. The molecular weight excluding hydrogens is 442 g/mol. The lowest BCUT2D eigenvalue weighted by Gasteiger charge is -2.36. The van der Waals surface area contributed by atoms with Gasteiger partial charge in [0.1, 0.15) is 0 Å². The zero-order valence-electron chi connectivity index (χ0n) is 18.7. The molecule has 9 heteroatoms. The maximum atomic E-state index is 12.6. The van der Waals surface area contributed by atoms with Crippen molar-refractivity contribution in [1.82, 2.24) is 4.90 Å². The van der Waals surface area contributed by atoms with Crippen LogP contribution in [0.15, 0.2) is 52.4 Å². The third kappa shape index (κ3) is 5.14. The number of methoxy groups -OCH3 is 2. The molecule has 0 unspecified atom stereocenters. The average molecular weight is 468 g/mol. The summed E-state index contributed by atoms with van der Waals surface area (Å²) in [4.78, 5) is 33.3. The summed E-state index contributed by atoms with van der Waals surface area (Å²) in [6.07, 6.45) is 1.74. The molecule has 0 radical (unpaired) electrons. The second-order valence-electron chi connectivity index (χ2n) is 7.47. The number of para-hydroxylation sites is 1. The summed E-state index contributed by atoms with van der Waals surface area (Å²) >= 11 is 1.36. The van der Waals surface area contributed by atoms with Gasteiger partial charge in [-0.05, 0) is 47.7 Å². The third-order valence-electron chi connectivity index (χ3n) is 5.31. The smallest absolute Gasteiger partial charge is 0.308 e. The summed E-state index contributed by atoms with van der Waals surface area (Å²) in [7, 11) is 2.95. The van der Waals surface area contributed by atoms with Gasteiger partial charge in [-0.15, -0.1) is 0 Å². The molecular formula is C24H25N3O5S. The highest BCUT2D eigenvalue weighted by molar-refractivity contribution is 8.18. The second kappa shape index (κ2) is 9.99. The first-order valence-corrected chi connectivity index (χ1v) is 11.3. The normalized spacial score (nSPS) is 17.2. The van der Waals surface area contributed by atoms with Crippen molar-refractivity contribution in [2.24, 2.45) is 4.99 Å². The van der Waals surface area contributed by atoms with Crippen molar-refractivity contribution in [3.63, 3.8) is 0 Å². The van der Waals surface area contributed by atoms with E-state index in [2.05, 4.69) is 26.9 Å². The predicted octanol–water partition coefficient (Wildman–Crippen LogP) is 3.42. The standard InChI is InChI=1S/C24H25N3O5S/c1-16(28)32-22-19(30-2)13-17(14-20(22)31-3)15-21-23(29)25-24(33-21)27-11-9-26(10-12-27)18-7-5-4-6-8-18/h4-8,13-15H,9-12H2,1-3H3/b21-15-. The second-order valence-corrected chi connectivity index (χ2v) is 8.48. The number of carbonyl (C=O) groups excluding carboxylic acids is 2. The van der Waals surface area contributed by atoms with Crippen molar-refractivity contribution in [2.75, 3.05) is 45.3 Å². The van der Waals surface area contributed by atoms with Crippen molar-refractivity contribution in [2.45, 2.75) is 6.92 Å². The molecule has 1 saturated heterocycles. The van der Waals surface area contributed by atoms with E-state index in [0.717, 1.165) is 31.3 Å². The number of thioether (sulfide) groups is 1. The number of aliphatic imine (C=N–C) groups is 1. The number of esters is 1. The van der Waals surface area contributed by atoms with Crippen molar-refractivity contribution >= 4 is 40.6 Å². The molecule has 0 aromatic heterocycles. The molecule has 8 nitrogen and oxygen atoms in total. The Balaban J connectivity index is 1.47. The van der Waals surface area contributed by atoms with Gasteiger partial charge in [-0.3, -0.25) is 9.59 Å². The van der Waals surface area contributed by atoms with Crippen LogP contribution in [0.5, 0.6) is 17.2 Å². The quantitative estimate of drug-likeness (QED) is 0.376. The molecule has 2 aliphatic rings. The Morgan fingerprint density at radius 2 is 1.61 bits per heavy atom. The highest BCUT2D eigenvalue weighted by Gasteiger charge is 2.29. The number of hydrogen-bond donors (Lipinski definition) is 0. The van der Waals surface area contributed by atoms with Crippen LogP contribution in [0.3, 0.4) is 0 Å². The maximum absolute atomic E-state index is 12.6. The molecule has 33 heavy (non-hydrogen) atoms. The van der Waals surface area contributed by atoms with Gasteiger partial charge < -0.3 is 24.0 Å². The minimum absolute atomic E-state index is 0.202. The fourth-order valence-electron chi connectivity index (χ4n) is 3.71. The molecule has 4 rings (SSSR count). The largest absolute Gasteiger partial charge is 0.493 e. The lowest BCUT2D eigenvalue weighted by atomic mass is 10.1. The molecule has 0 spiro atoms. The van der Waals surface area contributed by atoms with Gasteiger partial charge in [-0.1, -0.05) is 18.2 Å². The van der Waals surface area contributed by atoms with Gasteiger partial charge in [-0.2, -0.15) is 4.99 Å². The highest BCUT2D eigenvalue weighted by atomic mass is 32.2. The van der Waals surface area contributed by atoms with Crippen molar-refractivity contribution in [3.8, 4) is 17.2 Å². The predicted molar refractivity (Wildman–Crippen MR) is 129 cm³/mol. The van der Waals surface area contributed by atoms with Gasteiger partial charge in [0.2, 0.25) is 5.75 Å². The van der Waals surface area contributed by atoms with Crippen LogP contribution >= 0.6 is 11.8 Å². The van der Waals surface area contributed by atoms with E-state index in [1.54, 1.807) is 18.2 Å². The number of benzene rings is 2. The van der Waals surface area contributed by atoms with Gasteiger partial charge >= 0.3 is 5.97 Å². The Kier molecular flexibility index (Phi) is 6.88. The van der Waals surface area contributed by atoms with Crippen LogP contribution in [0.25, 0.3) is 6.08 Å². The molecule has 0 aliphatic carbocycles. The first-order chi connectivity index (χ1) is 16.0. The lowest BCUT2D eigenvalue weighted by molar-refractivity contribution is -0.132. The molecule has 1 amide bonds. The van der Waals surface area contributed by atoms with E-state index in [1.807, 2.05) is 18.2 Å². The first kappa shape index (κ1) is 22.7. The number of amidine groups is 1. The summed E-state index contributed by atoms with van der Waals surface area (Å²) in [5.74, 6) is 0.121. The monoisotopic (exact) mass is 467 g/mol. The molecule has 0 bridgehead atoms. The zero-order valence-corrected chi connectivity index (χ0v) is 19.6. The van der Waals surface area contributed by atoms with E-state index in [4.69, 9.17) is 14.2 Å². The van der Waals surface area contributed by atoms with Crippen LogP contribution in [-0.2, 0) is 9.59 Å². The molecule has 172 valence electrons. The van der Waals surface area contributed by atoms with Crippen molar-refractivity contribution in [1.29, 1.82) is 0 Å². The average Bonchev–Trinajstić information content (AvgIpc) is 3.20. The number of hydrogen-bond acceptors (Lipinski definition) is 8. The first-order valence-electron chi connectivity index (χ1n) is 10.5. The summed E-state index contributed by atoms with van der Waals surface area (Å²) in [6, 6.07) is 13.7. The molecule has 0 N–H and O–H groups in total. The molecule has 2 aromatic carbocycles. The SMILES string of the molecule is COc1cc(/C=C2\SC(N3CCN(c4ccccc4)CC3)=NC2=O)cc(OC)c1OC(C)=O. The summed E-state index contributed by atoms with van der Waals surface area (Å²) < 4.78 is 16.0. The molecule has 2 heterocycles. The number of piperazine rings is 1. The summed E-state index contributed by atoms with van der Waals surface area (Å²) in [6.45, 7) is 4.62. The fourth-order valence-corrected chi connectivity index (χ4v) is 4.67. The van der Waals surface area contributed by atoms with Crippen LogP contribution in [0.1, 0.15) is 12.5 Å². The molecule has 0 atom stereocenters. The molecule has 0 saturated carbocycles. The maximum Gasteiger partial charge on any atom is 0.308 e. The number of amides is 1. The van der Waals surface area contributed by atoms with E-state index < -0.39 is 5.97 Å². The van der Waals surface area contributed by atoms with Crippen LogP contribution in [-0.4, -0.2) is 62.3 Å². The highest BCUT2D eigenvalue weighted by Crippen LogP contribution is 2.40. The minimum atomic E-state index is -0.482. The van der Waals surface area contributed by atoms with Gasteiger partial charge in [0, 0.05) is 38.8 Å². The Morgan fingerprint density at radius 1 is 1.00 bits per heavy atom. The number of carbonyl (C=O) groups is 2. The van der Waals surface area contributed by atoms with Crippen molar-refractivity contribution in [3.05, 3.63) is 52.9 Å².